The number of phosphoric acid groups is 1. The molecule has 10 atom stereocenters. The lowest BCUT2D eigenvalue weighted by Gasteiger charge is -2.26. The highest BCUT2D eigenvalue weighted by Crippen LogP contribution is 2.51. The van der Waals surface area contributed by atoms with Gasteiger partial charge in [0, 0.05) is 0 Å². The predicted octanol–water partition coefficient (Wildman–Crippen LogP) is -2.30. The molecular formula is C21H26N10O13P2. The molecule has 0 amide bonds. The van der Waals surface area contributed by atoms with Gasteiger partial charge in [0.15, 0.2) is 35.1 Å². The molecule has 0 saturated carbocycles. The molecule has 2 bridgehead atoms. The minimum Gasteiger partial charge on any atom is -0.387 e. The molecule has 3 saturated heterocycles. The highest BCUT2D eigenvalue weighted by Gasteiger charge is 2.52. The standard InChI is InChI=1S/C21H26N10O13P2/c22-15-9-16(25-3-24-15)30(4-26-9)20-14-11(32)7(42-20)1-41-46(37,38)44-13-8(2-40-45(35,36)6-39-14)43-19(12(13)33)31-5-27-10-17(31)28-21(23)29-18(10)34/h3-5,7-8,11-14,19-20,32-33H,1-2,6H2,(H,35,36)(H,37,38)(H2,22,24,25)(H3,23,28,29,34)/t7-,8-,11?,12+,13?,14+,19-,20-/m1/s1. The van der Waals surface area contributed by atoms with Crippen molar-refractivity contribution in [1.82, 2.24) is 39.0 Å². The lowest BCUT2D eigenvalue weighted by atomic mass is 10.1. The van der Waals surface area contributed by atoms with Gasteiger partial charge in [-0.25, -0.2) is 24.5 Å². The van der Waals surface area contributed by atoms with Crippen LogP contribution in [0.5, 0.6) is 0 Å². The number of aromatic nitrogens is 8. The van der Waals surface area contributed by atoms with E-state index >= 15 is 0 Å². The topological polar surface area (TPSA) is 330 Å². The molecule has 7 heterocycles. The van der Waals surface area contributed by atoms with Gasteiger partial charge in [-0.3, -0.25) is 32.5 Å². The zero-order valence-electron chi connectivity index (χ0n) is 23.1. The van der Waals surface area contributed by atoms with Crippen molar-refractivity contribution in [2.24, 2.45) is 0 Å². The Hall–Kier alpha value is -3.44. The normalized spacial score (nSPS) is 37.4. The number of ether oxygens (including phenoxy) is 3. The van der Waals surface area contributed by atoms with Gasteiger partial charge in [0.2, 0.25) is 5.95 Å². The van der Waals surface area contributed by atoms with Gasteiger partial charge in [0.1, 0.15) is 54.8 Å². The van der Waals surface area contributed by atoms with Crippen LogP contribution >= 0.6 is 15.4 Å². The van der Waals surface area contributed by atoms with Gasteiger partial charge in [-0.1, -0.05) is 0 Å². The summed E-state index contributed by atoms with van der Waals surface area (Å²) >= 11 is 0. The Labute approximate surface area is 255 Å². The van der Waals surface area contributed by atoms with E-state index in [9.17, 15) is 33.9 Å². The monoisotopic (exact) mass is 688 g/mol. The van der Waals surface area contributed by atoms with E-state index in [-0.39, 0.29) is 34.1 Å². The second kappa shape index (κ2) is 11.4. The minimum absolute atomic E-state index is 0.0529. The molecule has 23 nitrogen and oxygen atoms in total. The predicted molar refractivity (Wildman–Crippen MR) is 148 cm³/mol. The number of aromatic amines is 1. The molecule has 0 aliphatic carbocycles. The molecule has 0 radical (unpaired) electrons. The van der Waals surface area contributed by atoms with Crippen molar-refractivity contribution in [3.63, 3.8) is 0 Å². The van der Waals surface area contributed by atoms with E-state index in [1.165, 1.54) is 17.2 Å². The molecule has 46 heavy (non-hydrogen) atoms. The number of anilines is 2. The fourth-order valence-electron chi connectivity index (χ4n) is 5.42. The van der Waals surface area contributed by atoms with Crippen molar-refractivity contribution in [3.05, 3.63) is 29.3 Å². The summed E-state index contributed by atoms with van der Waals surface area (Å²) in [6.45, 7) is -1.51. The maximum atomic E-state index is 13.1. The van der Waals surface area contributed by atoms with Gasteiger partial charge < -0.3 is 50.2 Å². The van der Waals surface area contributed by atoms with E-state index in [1.54, 1.807) is 0 Å². The molecule has 4 aromatic heterocycles. The third-order valence-electron chi connectivity index (χ3n) is 7.54. The molecule has 248 valence electrons. The number of H-pyrrole nitrogens is 1. The lowest BCUT2D eigenvalue weighted by Crippen LogP contribution is -2.38. The lowest BCUT2D eigenvalue weighted by molar-refractivity contribution is -0.0649. The van der Waals surface area contributed by atoms with Crippen LogP contribution < -0.4 is 17.0 Å². The van der Waals surface area contributed by atoms with Gasteiger partial charge >= 0.3 is 15.4 Å². The minimum atomic E-state index is -5.08. The average molecular weight is 688 g/mol. The number of imidazole rings is 2. The van der Waals surface area contributed by atoms with Crippen LogP contribution in [0.15, 0.2) is 23.8 Å². The van der Waals surface area contributed by atoms with Crippen molar-refractivity contribution in [2.75, 3.05) is 31.0 Å². The smallest absolute Gasteiger partial charge is 0.387 e. The van der Waals surface area contributed by atoms with Crippen LogP contribution in [-0.2, 0) is 36.9 Å². The van der Waals surface area contributed by atoms with Gasteiger partial charge in [-0.2, -0.15) is 4.98 Å². The molecule has 7 rings (SSSR count). The molecule has 0 aromatic carbocycles. The molecule has 9 N–H and O–H groups in total. The molecule has 3 aliphatic heterocycles. The Kier molecular flexibility index (Phi) is 7.70. The molecule has 4 unspecified atom stereocenters. The first kappa shape index (κ1) is 31.2. The molecule has 0 spiro atoms. The zero-order valence-corrected chi connectivity index (χ0v) is 24.9. The fraction of sp³-hybridized carbons (Fsp3) is 0.524. The average Bonchev–Trinajstić information content (AvgIpc) is 3.75. The Morgan fingerprint density at radius 1 is 0.870 bits per heavy atom. The third kappa shape index (κ3) is 5.49. The zero-order chi connectivity index (χ0) is 32.5. The molecule has 3 fully saturated rings. The summed E-state index contributed by atoms with van der Waals surface area (Å²) < 4.78 is 61.7. The highest BCUT2D eigenvalue weighted by molar-refractivity contribution is 7.52. The van der Waals surface area contributed by atoms with Crippen molar-refractivity contribution < 1.29 is 56.9 Å². The number of nitrogens with zero attached hydrogens (tertiary/aromatic N) is 7. The van der Waals surface area contributed by atoms with Crippen LogP contribution in [0.4, 0.5) is 11.8 Å². The summed E-state index contributed by atoms with van der Waals surface area (Å²) in [5.41, 5.74) is 11.0. The van der Waals surface area contributed by atoms with Crippen LogP contribution in [0.25, 0.3) is 22.3 Å². The maximum absolute atomic E-state index is 13.1. The number of aliphatic hydroxyl groups excluding tert-OH is 2. The van der Waals surface area contributed by atoms with E-state index < -0.39 is 89.6 Å². The van der Waals surface area contributed by atoms with Gasteiger partial charge in [-0.15, -0.1) is 0 Å². The summed E-state index contributed by atoms with van der Waals surface area (Å²) in [5.74, 6) is -0.212. The maximum Gasteiger partial charge on any atom is 0.472 e. The quantitative estimate of drug-likeness (QED) is 0.109. The van der Waals surface area contributed by atoms with Gasteiger partial charge in [0.25, 0.3) is 5.56 Å². The van der Waals surface area contributed by atoms with E-state index in [2.05, 4.69) is 29.9 Å². The number of nitrogens with one attached hydrogen (secondary N) is 1. The number of nitrogen functional groups attached to an aromatic ring is 2. The molecule has 4 aromatic rings. The number of fused-ring (bicyclic) bond motifs is 5. The number of phosphoric ester groups is 1. The Morgan fingerprint density at radius 2 is 1.57 bits per heavy atom. The highest BCUT2D eigenvalue weighted by atomic mass is 31.2. The summed E-state index contributed by atoms with van der Waals surface area (Å²) in [4.78, 5) is 55.9. The Morgan fingerprint density at radius 3 is 2.35 bits per heavy atom. The first-order valence-electron chi connectivity index (χ1n) is 13.4. The van der Waals surface area contributed by atoms with Crippen LogP contribution in [0.1, 0.15) is 12.5 Å². The number of aliphatic hydroxyl groups is 2. The van der Waals surface area contributed by atoms with E-state index in [4.69, 9.17) is 39.2 Å². The molecular weight excluding hydrogens is 662 g/mol. The van der Waals surface area contributed by atoms with Crippen LogP contribution in [0.3, 0.4) is 0 Å². The van der Waals surface area contributed by atoms with E-state index in [1.807, 2.05) is 0 Å². The van der Waals surface area contributed by atoms with Crippen LogP contribution in [0, 0.1) is 0 Å². The van der Waals surface area contributed by atoms with E-state index in [0.29, 0.717) is 0 Å². The summed E-state index contributed by atoms with van der Waals surface area (Å²) in [6.07, 6.45) is -9.33. The number of nitrogens with two attached hydrogens (primary N) is 2. The molecule has 3 aliphatic rings. The summed E-state index contributed by atoms with van der Waals surface area (Å²) in [7, 11) is -9.73. The summed E-state index contributed by atoms with van der Waals surface area (Å²) in [5, 5.41) is 22.2. The van der Waals surface area contributed by atoms with E-state index in [0.717, 1.165) is 10.9 Å². The van der Waals surface area contributed by atoms with Crippen LogP contribution in [-0.4, -0.2) is 115 Å². The van der Waals surface area contributed by atoms with Crippen LogP contribution in [0.2, 0.25) is 0 Å². The Bertz CT molecular complexity index is 1950. The second-order valence-electron chi connectivity index (χ2n) is 10.5. The number of rotatable bonds is 2. The van der Waals surface area contributed by atoms with Crippen molar-refractivity contribution in [2.45, 2.75) is 49.1 Å². The summed E-state index contributed by atoms with van der Waals surface area (Å²) in [6, 6.07) is 0. The van der Waals surface area contributed by atoms with Crippen molar-refractivity contribution >= 4 is 49.5 Å². The third-order valence-corrected chi connectivity index (χ3v) is 9.55. The first-order valence-corrected chi connectivity index (χ1v) is 16.6. The Balaban J connectivity index is 1.18. The molecule has 25 heteroatoms. The second-order valence-corrected chi connectivity index (χ2v) is 13.7. The fourth-order valence-corrected chi connectivity index (χ4v) is 7.20. The largest absolute Gasteiger partial charge is 0.472 e. The number of hydrogen-bond donors (Lipinski definition) is 7. The van der Waals surface area contributed by atoms with Gasteiger partial charge in [-0.05, 0) is 0 Å². The number of hydrogen-bond acceptors (Lipinski definition) is 18. The van der Waals surface area contributed by atoms with Crippen molar-refractivity contribution in [1.29, 1.82) is 0 Å². The van der Waals surface area contributed by atoms with Crippen molar-refractivity contribution in [3.8, 4) is 0 Å². The first-order chi connectivity index (χ1) is 21.8. The van der Waals surface area contributed by atoms with Gasteiger partial charge in [0.05, 0.1) is 25.9 Å². The SMILES string of the molecule is Nc1nc2c(ncn2[C@@H]2O[C@@H]3COP(=O)(O)CO[C@H]4C(O)[C@@H](COP(=O)(O)OC3[C@@H]2O)O[C@H]4n2cnc3c(N)ncnc32)c(=O)[nH]1.